The molecule has 2 fully saturated rings. The molecular formula is C41H50ClN5O6S. The van der Waals surface area contributed by atoms with Crippen LogP contribution in [-0.4, -0.2) is 77.2 Å². The molecule has 1 spiro atoms. The molecule has 3 aliphatic heterocycles. The summed E-state index contributed by atoms with van der Waals surface area (Å²) in [6.45, 7) is 3.88. The first kappa shape index (κ1) is 37.2. The zero-order chi connectivity index (χ0) is 37.8. The molecule has 1 N–H and O–H groups in total. The van der Waals surface area contributed by atoms with Crippen LogP contribution in [0.4, 0.5) is 5.69 Å². The van der Waals surface area contributed by atoms with E-state index >= 15 is 4.21 Å². The molecule has 2 aromatic carbocycles. The molecule has 5 aliphatic rings. The Morgan fingerprint density at radius 1 is 1.07 bits per heavy atom. The summed E-state index contributed by atoms with van der Waals surface area (Å²) >= 11 is 6.51. The van der Waals surface area contributed by atoms with E-state index in [0.29, 0.717) is 30.4 Å². The predicted octanol–water partition coefficient (Wildman–Crippen LogP) is 6.47. The number of hydrogen-bond acceptors (Lipinski definition) is 8. The molecule has 2 unspecified atom stereocenters. The van der Waals surface area contributed by atoms with Crippen LogP contribution in [0.5, 0.6) is 5.88 Å². The van der Waals surface area contributed by atoms with Gasteiger partial charge in [-0.1, -0.05) is 42.8 Å². The lowest BCUT2D eigenvalue weighted by atomic mass is 9.66. The third kappa shape index (κ3) is 6.77. The summed E-state index contributed by atoms with van der Waals surface area (Å²) in [6.07, 6.45) is 12.6. The fourth-order valence-corrected chi connectivity index (χ4v) is 12.2. The Labute approximate surface area is 323 Å². The Balaban J connectivity index is 1.25. The summed E-state index contributed by atoms with van der Waals surface area (Å²) in [5.74, 6) is -0.855. The number of aryl methyl sites for hydroxylation is 3. The Morgan fingerprint density at radius 3 is 2.70 bits per heavy atom. The van der Waals surface area contributed by atoms with Crippen LogP contribution in [0.2, 0.25) is 5.02 Å². The van der Waals surface area contributed by atoms with Gasteiger partial charge in [0, 0.05) is 67.7 Å². The molecule has 1 saturated heterocycles. The summed E-state index contributed by atoms with van der Waals surface area (Å²) in [5.41, 5.74) is 5.30. The minimum atomic E-state index is -3.71. The van der Waals surface area contributed by atoms with Crippen LogP contribution in [-0.2, 0) is 44.7 Å². The number of rotatable bonds is 4. The molecule has 13 heteroatoms. The fraction of sp³-hybridized carbons (Fsp3) is 0.537. The van der Waals surface area contributed by atoms with Gasteiger partial charge < -0.3 is 19.1 Å². The molecule has 11 nitrogen and oxygen atoms in total. The number of anilines is 1. The quantitative estimate of drug-likeness (QED) is 0.300. The van der Waals surface area contributed by atoms with Gasteiger partial charge in [0.15, 0.2) is 0 Å². The van der Waals surface area contributed by atoms with Crippen molar-refractivity contribution in [2.45, 2.75) is 81.2 Å². The molecule has 4 heterocycles. The molecule has 2 amide bonds. The van der Waals surface area contributed by atoms with Crippen molar-refractivity contribution in [1.29, 1.82) is 0 Å². The Kier molecular flexibility index (Phi) is 10.2. The Morgan fingerprint density at radius 2 is 1.93 bits per heavy atom. The van der Waals surface area contributed by atoms with Gasteiger partial charge in [-0.05, 0) is 104 Å². The second kappa shape index (κ2) is 14.7. The second-order valence-corrected chi connectivity index (χ2v) is 18.5. The molecule has 8 atom stereocenters. The molecular weight excluding hydrogens is 726 g/mol. The smallest absolute Gasteiger partial charge is 0.286 e. The monoisotopic (exact) mass is 775 g/mol. The van der Waals surface area contributed by atoms with Crippen molar-refractivity contribution in [3.8, 4) is 5.88 Å². The highest BCUT2D eigenvalue weighted by Crippen LogP contribution is 2.48. The van der Waals surface area contributed by atoms with E-state index in [2.05, 4.69) is 37.3 Å². The van der Waals surface area contributed by atoms with Gasteiger partial charge in [-0.15, -0.1) is 9.46 Å². The molecule has 1 saturated carbocycles. The molecule has 8 rings (SSSR count). The number of fused-ring (bicyclic) bond motifs is 6. The molecule has 3 aromatic rings. The van der Waals surface area contributed by atoms with E-state index in [-0.39, 0.29) is 28.9 Å². The van der Waals surface area contributed by atoms with Crippen molar-refractivity contribution in [2.24, 2.45) is 29.2 Å². The molecule has 288 valence electrons. The lowest BCUT2D eigenvalue weighted by molar-refractivity contribution is 0.00278. The first-order chi connectivity index (χ1) is 26.0. The number of carbonyl (C=O) groups is 2. The third-order valence-electron chi connectivity index (χ3n) is 12.8. The number of nitrogens with one attached hydrogen (secondary N) is 1. The van der Waals surface area contributed by atoms with Crippen molar-refractivity contribution in [1.82, 2.24) is 14.5 Å². The van der Waals surface area contributed by atoms with Crippen LogP contribution < -0.4 is 14.4 Å². The number of halogens is 1. The van der Waals surface area contributed by atoms with Crippen LogP contribution in [0.25, 0.3) is 0 Å². The third-order valence-corrected chi connectivity index (χ3v) is 15.4. The maximum Gasteiger partial charge on any atom is 0.286 e. The van der Waals surface area contributed by atoms with E-state index < -0.39 is 33.1 Å². The molecule has 1 aromatic heterocycles. The van der Waals surface area contributed by atoms with E-state index in [1.54, 1.807) is 20.2 Å². The summed E-state index contributed by atoms with van der Waals surface area (Å²) in [6, 6.07) is 12.2. The van der Waals surface area contributed by atoms with Gasteiger partial charge >= 0.3 is 0 Å². The summed E-state index contributed by atoms with van der Waals surface area (Å²) in [4.78, 5) is 30.7. The largest absolute Gasteiger partial charge is 0.479 e. The van der Waals surface area contributed by atoms with Gasteiger partial charge in [0.2, 0.25) is 5.88 Å². The zero-order valence-corrected chi connectivity index (χ0v) is 33.0. The lowest BCUT2D eigenvalue weighted by Crippen LogP contribution is -2.49. The van der Waals surface area contributed by atoms with E-state index in [1.165, 1.54) is 34.7 Å². The van der Waals surface area contributed by atoms with Crippen LogP contribution >= 0.6 is 11.6 Å². The number of ether oxygens (including phenoxy) is 3. The average Bonchev–Trinajstić information content (AvgIpc) is 3.46. The van der Waals surface area contributed by atoms with Crippen molar-refractivity contribution in [2.75, 3.05) is 38.8 Å². The summed E-state index contributed by atoms with van der Waals surface area (Å²) < 4.78 is 41.7. The van der Waals surface area contributed by atoms with Gasteiger partial charge in [0.25, 0.3) is 11.8 Å². The summed E-state index contributed by atoms with van der Waals surface area (Å²) in [7, 11) is 1.14. The summed E-state index contributed by atoms with van der Waals surface area (Å²) in [5, 5.41) is 4.29. The molecule has 0 radical (unpaired) electrons. The minimum absolute atomic E-state index is 0.0662. The van der Waals surface area contributed by atoms with Crippen LogP contribution in [0.3, 0.4) is 0 Å². The second-order valence-electron chi connectivity index (χ2n) is 15.9. The van der Waals surface area contributed by atoms with Crippen molar-refractivity contribution in [3.05, 3.63) is 87.6 Å². The predicted molar refractivity (Wildman–Crippen MR) is 209 cm³/mol. The van der Waals surface area contributed by atoms with Crippen LogP contribution in [0, 0.1) is 17.8 Å². The number of amides is 2. The number of carbonyl (C=O) groups excluding carboxylic acids is 2. The maximum atomic E-state index is 15.3. The van der Waals surface area contributed by atoms with E-state index in [4.69, 9.17) is 25.8 Å². The average molecular weight is 776 g/mol. The van der Waals surface area contributed by atoms with Gasteiger partial charge in [-0.3, -0.25) is 19.0 Å². The maximum absolute atomic E-state index is 15.3. The van der Waals surface area contributed by atoms with E-state index in [1.807, 2.05) is 31.2 Å². The normalized spacial score (nSPS) is 32.7. The molecule has 54 heavy (non-hydrogen) atoms. The SMILES string of the molecule is COc1nn(C)cc1C(=O)NS1(=O)=NC(=O)c2ccc3c(c2)N(C[C@@H]2CC[C@H]2[C@@H](OC)/C=C/[C@@H]2OCCC1[C@H]2C)C[C@@]1(CCCc2cc(Cl)ccc21)CC3. The number of methoxy groups -OCH3 is 2. The highest BCUT2D eigenvalue weighted by atomic mass is 35.5. The fourth-order valence-electron chi connectivity index (χ4n) is 9.82. The topological polar surface area (TPSA) is 124 Å². The lowest BCUT2D eigenvalue weighted by Gasteiger charge is -2.46. The number of hydrogen-bond donors (Lipinski definition) is 1. The van der Waals surface area contributed by atoms with E-state index in [9.17, 15) is 9.59 Å². The highest BCUT2D eigenvalue weighted by molar-refractivity contribution is 7.93. The Bertz CT molecular complexity index is 2110. The molecule has 2 aliphatic carbocycles. The van der Waals surface area contributed by atoms with Crippen molar-refractivity contribution < 1.29 is 28.0 Å². The number of aromatic nitrogens is 2. The van der Waals surface area contributed by atoms with Crippen LogP contribution in [0.15, 0.2) is 59.1 Å². The van der Waals surface area contributed by atoms with Gasteiger partial charge in [-0.25, -0.2) is 4.21 Å². The first-order valence-electron chi connectivity index (χ1n) is 19.2. The van der Waals surface area contributed by atoms with Gasteiger partial charge in [-0.2, -0.15) is 0 Å². The number of benzene rings is 2. The number of nitrogens with zero attached hydrogens (tertiary/aromatic N) is 4. The van der Waals surface area contributed by atoms with Crippen molar-refractivity contribution in [3.63, 3.8) is 0 Å². The minimum Gasteiger partial charge on any atom is -0.479 e. The van der Waals surface area contributed by atoms with Crippen LogP contribution in [0.1, 0.15) is 82.9 Å². The van der Waals surface area contributed by atoms with Crippen molar-refractivity contribution >= 4 is 39.0 Å². The van der Waals surface area contributed by atoms with Gasteiger partial charge in [0.1, 0.15) is 15.5 Å². The van der Waals surface area contributed by atoms with E-state index in [0.717, 1.165) is 68.7 Å². The standard InChI is InChI=1S/C41H50ClN5O6S/c1-25-35-13-14-36(51-3)31-11-9-29(31)22-47-24-41(17-5-6-27-20-30(42)10-12-33(27)41)18-15-26-7-8-28(21-34(26)47)38(48)44-54(50,37(25)16-19-53-35)45-39(49)32-23-46(2)43-40(32)52-4/h7-8,10,12-14,20-21,23,25,29,31,35-37H,5-6,9,11,15-19,22,24H2,1-4H3,(H,44,45,48,49,50)/b14-13+/t25-,29-,31+,35-,36-,37?,41+,54?/m0/s1. The van der Waals surface area contributed by atoms with Gasteiger partial charge in [0.05, 0.1) is 24.6 Å². The molecule has 4 bridgehead atoms. The highest BCUT2D eigenvalue weighted by Gasteiger charge is 2.44. The zero-order valence-electron chi connectivity index (χ0n) is 31.5. The first-order valence-corrected chi connectivity index (χ1v) is 21.2. The Hall–Kier alpha value is -3.71.